The van der Waals surface area contributed by atoms with Gasteiger partial charge in [-0.1, -0.05) is 0 Å². The summed E-state index contributed by atoms with van der Waals surface area (Å²) in [7, 11) is 0. The van der Waals surface area contributed by atoms with Gasteiger partial charge in [0.25, 0.3) is 0 Å². The summed E-state index contributed by atoms with van der Waals surface area (Å²) in [6.45, 7) is 0. The third-order valence-corrected chi connectivity index (χ3v) is 1.81. The quantitative estimate of drug-likeness (QED) is 0.804. The van der Waals surface area contributed by atoms with Crippen LogP contribution >= 0.6 is 12.0 Å². The average molecular weight is 238 g/mol. The fourth-order valence-electron chi connectivity index (χ4n) is 0.845. The topological polar surface area (TPSA) is 46.5 Å². The second kappa shape index (κ2) is 4.54. The fraction of sp³-hybridized carbons (Fsp3) is 0.125. The molecule has 0 fully saturated rings. The van der Waals surface area contributed by atoms with Crippen molar-refractivity contribution in [1.82, 2.24) is 0 Å². The monoisotopic (exact) mass is 238 g/mol. The Bertz CT molecular complexity index is 347. The van der Waals surface area contributed by atoms with Crippen LogP contribution in [-0.2, 0) is 0 Å². The highest BCUT2D eigenvalue weighted by atomic mass is 32.2. The highest BCUT2D eigenvalue weighted by Gasteiger charge is 2.31. The van der Waals surface area contributed by atoms with Crippen molar-refractivity contribution in [2.75, 3.05) is 0 Å². The summed E-state index contributed by atoms with van der Waals surface area (Å²) in [5.74, 6) is -0.415. The number of benzene rings is 1. The molecule has 15 heavy (non-hydrogen) atoms. The molecule has 7 heteroatoms. The average Bonchev–Trinajstić information content (AvgIpc) is 2.15. The number of ether oxygens (including phenoxy) is 1. The lowest BCUT2D eigenvalue weighted by molar-refractivity contribution is -0.274. The van der Waals surface area contributed by atoms with Crippen LogP contribution in [-0.4, -0.2) is 16.0 Å². The van der Waals surface area contributed by atoms with Gasteiger partial charge in [-0.05, 0) is 24.3 Å². The molecule has 0 aliphatic carbocycles. The van der Waals surface area contributed by atoms with Gasteiger partial charge in [0.15, 0.2) is 0 Å². The van der Waals surface area contributed by atoms with E-state index in [-0.39, 0.29) is 17.6 Å². The lowest BCUT2D eigenvalue weighted by Gasteiger charge is -2.08. The molecule has 1 rings (SSSR count). The molecular weight excluding hydrogens is 233 g/mol. The van der Waals surface area contributed by atoms with Gasteiger partial charge in [-0.3, -0.25) is 4.79 Å². The van der Waals surface area contributed by atoms with Crippen molar-refractivity contribution in [3.8, 4) is 5.75 Å². The lowest BCUT2D eigenvalue weighted by Crippen LogP contribution is -2.17. The number of hydrogen-bond donors (Lipinski definition) is 1. The van der Waals surface area contributed by atoms with Crippen LogP contribution in [0.2, 0.25) is 0 Å². The Hall–Kier alpha value is -1.21. The molecule has 0 spiro atoms. The first kappa shape index (κ1) is 11.9. The zero-order valence-electron chi connectivity index (χ0n) is 7.12. The molecule has 82 valence electrons. The normalized spacial score (nSPS) is 11.2. The van der Waals surface area contributed by atoms with E-state index in [0.717, 1.165) is 24.3 Å². The van der Waals surface area contributed by atoms with E-state index >= 15 is 0 Å². The second-order valence-corrected chi connectivity index (χ2v) is 3.00. The van der Waals surface area contributed by atoms with Crippen molar-refractivity contribution in [3.05, 3.63) is 29.8 Å². The van der Waals surface area contributed by atoms with E-state index in [1.54, 1.807) is 0 Å². The van der Waals surface area contributed by atoms with Crippen molar-refractivity contribution in [2.45, 2.75) is 6.36 Å². The highest BCUT2D eigenvalue weighted by Crippen LogP contribution is 2.23. The molecule has 3 nitrogen and oxygen atoms in total. The van der Waals surface area contributed by atoms with Crippen LogP contribution in [0.5, 0.6) is 5.75 Å². The first-order chi connectivity index (χ1) is 6.92. The largest absolute Gasteiger partial charge is 0.573 e. The maximum Gasteiger partial charge on any atom is 0.573 e. The van der Waals surface area contributed by atoms with Crippen molar-refractivity contribution >= 4 is 17.2 Å². The third-order valence-electron chi connectivity index (χ3n) is 1.41. The Morgan fingerprint density at radius 3 is 2.20 bits per heavy atom. The summed E-state index contributed by atoms with van der Waals surface area (Å²) >= 11 is -0.00505. The van der Waals surface area contributed by atoms with Gasteiger partial charge in [0.2, 0.25) is 5.12 Å². The first-order valence-corrected chi connectivity index (χ1v) is 4.41. The Morgan fingerprint density at radius 1 is 1.27 bits per heavy atom. The number of rotatable bonds is 2. The molecule has 0 saturated heterocycles. The van der Waals surface area contributed by atoms with E-state index in [9.17, 15) is 18.0 Å². The van der Waals surface area contributed by atoms with Crippen LogP contribution in [0.3, 0.4) is 0 Å². The van der Waals surface area contributed by atoms with Gasteiger partial charge in [0, 0.05) is 5.56 Å². The molecular formula is C8H5F3O3S. The second-order valence-electron chi connectivity index (χ2n) is 2.45. The molecule has 1 N–H and O–H groups in total. The van der Waals surface area contributed by atoms with Crippen molar-refractivity contribution in [1.29, 1.82) is 0 Å². The minimum absolute atomic E-state index is 0.00505. The van der Waals surface area contributed by atoms with Crippen LogP contribution < -0.4 is 4.74 Å². The fourth-order valence-corrected chi connectivity index (χ4v) is 1.09. The minimum Gasteiger partial charge on any atom is -0.406 e. The molecule has 0 amide bonds. The number of halogens is 3. The molecule has 0 aliphatic rings. The van der Waals surface area contributed by atoms with E-state index in [4.69, 9.17) is 4.55 Å². The Kier molecular flexibility index (Phi) is 3.59. The first-order valence-electron chi connectivity index (χ1n) is 3.64. The smallest absolute Gasteiger partial charge is 0.406 e. The number of alkyl halides is 3. The number of carbonyl (C=O) groups is 1. The molecule has 0 aromatic heterocycles. The van der Waals surface area contributed by atoms with E-state index in [1.165, 1.54) is 0 Å². The third kappa shape index (κ3) is 3.80. The summed E-state index contributed by atoms with van der Waals surface area (Å²) in [4.78, 5) is 10.9. The van der Waals surface area contributed by atoms with Crippen molar-refractivity contribution in [3.63, 3.8) is 0 Å². The van der Waals surface area contributed by atoms with Gasteiger partial charge in [0.1, 0.15) is 5.75 Å². The predicted octanol–water partition coefficient (Wildman–Crippen LogP) is 2.93. The van der Waals surface area contributed by atoms with E-state index in [1.807, 2.05) is 0 Å². The molecule has 0 aliphatic heterocycles. The summed E-state index contributed by atoms with van der Waals surface area (Å²) in [6, 6.07) is 4.26. The van der Waals surface area contributed by atoms with Crippen LogP contribution in [0.1, 0.15) is 10.4 Å². The number of carbonyl (C=O) groups excluding carboxylic acids is 1. The maximum atomic E-state index is 11.7. The minimum atomic E-state index is -4.75. The van der Waals surface area contributed by atoms with Crippen molar-refractivity contribution < 1.29 is 27.3 Å². The zero-order chi connectivity index (χ0) is 11.5. The highest BCUT2D eigenvalue weighted by molar-refractivity contribution is 8.09. The lowest BCUT2D eigenvalue weighted by atomic mass is 10.2. The Balaban J connectivity index is 2.77. The summed E-state index contributed by atoms with van der Waals surface area (Å²) < 4.78 is 47.2. The molecule has 0 radical (unpaired) electrons. The zero-order valence-corrected chi connectivity index (χ0v) is 7.93. The number of hydrogen-bond acceptors (Lipinski definition) is 4. The molecule has 0 saturated carbocycles. The molecule has 0 atom stereocenters. The molecule has 0 unspecified atom stereocenters. The van der Waals surface area contributed by atoms with Gasteiger partial charge in [0.05, 0.1) is 12.0 Å². The summed E-state index contributed by atoms with van der Waals surface area (Å²) in [5, 5.41) is -0.645. The van der Waals surface area contributed by atoms with Gasteiger partial charge in [-0.15, -0.1) is 13.2 Å². The van der Waals surface area contributed by atoms with Crippen LogP contribution in [0.25, 0.3) is 0 Å². The Morgan fingerprint density at radius 2 is 1.80 bits per heavy atom. The summed E-state index contributed by atoms with van der Waals surface area (Å²) in [6.07, 6.45) is -4.75. The van der Waals surface area contributed by atoms with Crippen molar-refractivity contribution in [2.24, 2.45) is 0 Å². The molecule has 0 bridgehead atoms. The van der Waals surface area contributed by atoms with E-state index in [2.05, 4.69) is 4.74 Å². The van der Waals surface area contributed by atoms with Gasteiger partial charge < -0.3 is 9.29 Å². The maximum absolute atomic E-state index is 11.7. The Labute approximate surface area is 87.1 Å². The predicted molar refractivity (Wildman–Crippen MR) is 47.7 cm³/mol. The molecule has 1 aromatic rings. The van der Waals surface area contributed by atoms with Crippen LogP contribution in [0, 0.1) is 0 Å². The van der Waals surface area contributed by atoms with E-state index < -0.39 is 17.2 Å². The molecule has 1 aromatic carbocycles. The van der Waals surface area contributed by atoms with Crippen LogP contribution in [0.4, 0.5) is 13.2 Å². The van der Waals surface area contributed by atoms with Gasteiger partial charge in [-0.25, -0.2) is 0 Å². The standard InChI is InChI=1S/C8H5F3O3S/c9-8(10,11)14-6-3-1-5(2-4-6)7(12)15-13/h1-4,13H. The molecule has 0 heterocycles. The van der Waals surface area contributed by atoms with Crippen LogP contribution in [0.15, 0.2) is 24.3 Å². The van der Waals surface area contributed by atoms with Gasteiger partial charge in [-0.2, -0.15) is 0 Å². The SMILES string of the molecule is O=C(SO)c1ccc(OC(F)(F)F)cc1. The van der Waals surface area contributed by atoms with E-state index in [0.29, 0.717) is 0 Å². The van der Waals surface area contributed by atoms with Gasteiger partial charge >= 0.3 is 6.36 Å². The summed E-state index contributed by atoms with van der Waals surface area (Å²) in [5.41, 5.74) is 0.0945.